The quantitative estimate of drug-likeness (QED) is 0.567. The van der Waals surface area contributed by atoms with Gasteiger partial charge in [0, 0.05) is 18.3 Å². The number of amides is 2. The highest BCUT2D eigenvalue weighted by Crippen LogP contribution is 2.42. The predicted molar refractivity (Wildman–Crippen MR) is 117 cm³/mol. The molecule has 2 amide bonds. The fourth-order valence-electron chi connectivity index (χ4n) is 3.74. The van der Waals surface area contributed by atoms with E-state index in [1.807, 2.05) is 25.1 Å². The van der Waals surface area contributed by atoms with E-state index in [0.717, 1.165) is 19.3 Å². The maximum Gasteiger partial charge on any atom is 0.257 e. The highest BCUT2D eigenvalue weighted by atomic mass is 16.4. The Morgan fingerprint density at radius 1 is 1.19 bits per heavy atom. The second-order valence-electron chi connectivity index (χ2n) is 7.87. The molecule has 1 aliphatic carbocycles. The molecule has 7 heteroatoms. The number of pyridine rings is 1. The number of anilines is 1. The molecule has 0 bridgehead atoms. The van der Waals surface area contributed by atoms with E-state index >= 15 is 0 Å². The largest absolute Gasteiger partial charge is 0.441 e. The molecule has 2 atom stereocenters. The lowest BCUT2D eigenvalue weighted by atomic mass is 10.1. The number of oxazole rings is 1. The zero-order valence-electron chi connectivity index (χ0n) is 17.7. The van der Waals surface area contributed by atoms with E-state index in [1.165, 1.54) is 6.20 Å². The molecule has 1 aliphatic rings. The topological polar surface area (TPSA) is 97.1 Å². The summed E-state index contributed by atoms with van der Waals surface area (Å²) in [7, 11) is 0. The number of benzene rings is 1. The Morgan fingerprint density at radius 3 is 2.81 bits per heavy atom. The van der Waals surface area contributed by atoms with Crippen LogP contribution in [0.1, 0.15) is 48.0 Å². The lowest BCUT2D eigenvalue weighted by Crippen LogP contribution is -2.25. The summed E-state index contributed by atoms with van der Waals surface area (Å²) >= 11 is 0. The first-order valence-corrected chi connectivity index (χ1v) is 10.6. The third-order valence-electron chi connectivity index (χ3n) is 5.57. The molecule has 4 rings (SSSR count). The lowest BCUT2D eigenvalue weighted by Gasteiger charge is -2.08. The summed E-state index contributed by atoms with van der Waals surface area (Å²) in [6, 6.07) is 10.7. The van der Waals surface area contributed by atoms with Crippen molar-refractivity contribution in [2.75, 3.05) is 5.32 Å². The van der Waals surface area contributed by atoms with Gasteiger partial charge in [0.05, 0.1) is 23.4 Å². The van der Waals surface area contributed by atoms with Crippen LogP contribution in [0.15, 0.2) is 53.2 Å². The Morgan fingerprint density at radius 2 is 2.03 bits per heavy atom. The first kappa shape index (κ1) is 20.8. The number of carbonyl (C=O) groups excluding carboxylic acids is 2. The van der Waals surface area contributed by atoms with Gasteiger partial charge in [0.2, 0.25) is 11.8 Å². The van der Waals surface area contributed by atoms with Gasteiger partial charge in [-0.2, -0.15) is 0 Å². The van der Waals surface area contributed by atoms with Gasteiger partial charge < -0.3 is 15.1 Å². The number of carbonyl (C=O) groups is 2. The highest BCUT2D eigenvalue weighted by Gasteiger charge is 2.41. The van der Waals surface area contributed by atoms with Crippen LogP contribution in [-0.4, -0.2) is 21.8 Å². The molecule has 1 fully saturated rings. The SMILES string of the molecule is CCC[C@H]1C[C@H]1C(=O)NCc1nc(-c2ccccc2NC(=O)c2cccnc2)oc1C. The summed E-state index contributed by atoms with van der Waals surface area (Å²) in [6.07, 6.45) is 6.32. The molecule has 0 aliphatic heterocycles. The molecule has 2 heterocycles. The number of para-hydroxylation sites is 1. The van der Waals surface area contributed by atoms with E-state index in [2.05, 4.69) is 27.5 Å². The molecule has 0 radical (unpaired) electrons. The number of rotatable bonds is 8. The van der Waals surface area contributed by atoms with Crippen molar-refractivity contribution in [1.29, 1.82) is 0 Å². The molecule has 2 N–H and O–H groups in total. The van der Waals surface area contributed by atoms with Crippen molar-refractivity contribution < 1.29 is 14.0 Å². The molecular formula is C24H26N4O3. The van der Waals surface area contributed by atoms with Gasteiger partial charge in [-0.1, -0.05) is 25.5 Å². The van der Waals surface area contributed by atoms with Gasteiger partial charge in [-0.05, 0) is 49.9 Å². The maximum absolute atomic E-state index is 12.5. The molecule has 31 heavy (non-hydrogen) atoms. The smallest absolute Gasteiger partial charge is 0.257 e. The maximum atomic E-state index is 12.5. The minimum atomic E-state index is -0.262. The van der Waals surface area contributed by atoms with Crippen molar-refractivity contribution in [3.05, 3.63) is 65.8 Å². The van der Waals surface area contributed by atoms with Crippen LogP contribution in [0, 0.1) is 18.8 Å². The fourth-order valence-corrected chi connectivity index (χ4v) is 3.74. The van der Waals surface area contributed by atoms with Crippen LogP contribution in [0.5, 0.6) is 0 Å². The van der Waals surface area contributed by atoms with Crippen molar-refractivity contribution in [1.82, 2.24) is 15.3 Å². The molecule has 0 spiro atoms. The third kappa shape index (κ3) is 4.82. The van der Waals surface area contributed by atoms with Crippen molar-refractivity contribution in [2.45, 2.75) is 39.7 Å². The average molecular weight is 418 g/mol. The summed E-state index contributed by atoms with van der Waals surface area (Å²) in [5, 5.41) is 5.88. The van der Waals surface area contributed by atoms with Crippen LogP contribution < -0.4 is 10.6 Å². The number of aromatic nitrogens is 2. The molecule has 1 aromatic carbocycles. The van der Waals surface area contributed by atoms with E-state index in [0.29, 0.717) is 46.6 Å². The molecule has 1 saturated carbocycles. The van der Waals surface area contributed by atoms with Crippen LogP contribution in [0.25, 0.3) is 11.5 Å². The molecule has 2 aromatic heterocycles. The van der Waals surface area contributed by atoms with Crippen LogP contribution in [0.2, 0.25) is 0 Å². The second kappa shape index (κ2) is 9.12. The first-order valence-electron chi connectivity index (χ1n) is 10.6. The number of nitrogens with zero attached hydrogens (tertiary/aromatic N) is 2. The normalized spacial score (nSPS) is 17.2. The molecule has 7 nitrogen and oxygen atoms in total. The van der Waals surface area contributed by atoms with E-state index in [-0.39, 0.29) is 17.7 Å². The standard InChI is InChI=1S/C24H26N4O3/c1-3-7-16-12-19(16)23(30)26-14-21-15(2)31-24(28-21)18-9-4-5-10-20(18)27-22(29)17-8-6-11-25-13-17/h4-6,8-11,13,16,19H,3,7,12,14H2,1-2H3,(H,26,30)(H,27,29)/t16-,19+/m0/s1. The molecular weight excluding hydrogens is 392 g/mol. The minimum absolute atomic E-state index is 0.0894. The van der Waals surface area contributed by atoms with Gasteiger partial charge >= 0.3 is 0 Å². The Bertz CT molecular complexity index is 1080. The Balaban J connectivity index is 1.46. The number of aryl methyl sites for hydroxylation is 1. The van der Waals surface area contributed by atoms with Crippen LogP contribution >= 0.6 is 0 Å². The Kier molecular flexibility index (Phi) is 6.11. The van der Waals surface area contributed by atoms with E-state index < -0.39 is 0 Å². The summed E-state index contributed by atoms with van der Waals surface area (Å²) in [6.45, 7) is 4.30. The lowest BCUT2D eigenvalue weighted by molar-refractivity contribution is -0.122. The van der Waals surface area contributed by atoms with Crippen molar-refractivity contribution >= 4 is 17.5 Å². The predicted octanol–water partition coefficient (Wildman–Crippen LogP) is 4.35. The summed E-state index contributed by atoms with van der Waals surface area (Å²) in [5.41, 5.74) is 2.41. The van der Waals surface area contributed by atoms with E-state index in [9.17, 15) is 9.59 Å². The molecule has 0 saturated heterocycles. The molecule has 0 unspecified atom stereocenters. The van der Waals surface area contributed by atoms with Crippen molar-refractivity contribution in [3.8, 4) is 11.5 Å². The van der Waals surface area contributed by atoms with Crippen molar-refractivity contribution in [2.24, 2.45) is 11.8 Å². The minimum Gasteiger partial charge on any atom is -0.441 e. The monoisotopic (exact) mass is 418 g/mol. The molecule has 3 aromatic rings. The Labute approximate surface area is 181 Å². The fraction of sp³-hybridized carbons (Fsp3) is 0.333. The van der Waals surface area contributed by atoms with Gasteiger partial charge in [0.1, 0.15) is 11.5 Å². The average Bonchev–Trinajstić information content (AvgIpc) is 3.46. The summed E-state index contributed by atoms with van der Waals surface area (Å²) in [4.78, 5) is 33.4. The highest BCUT2D eigenvalue weighted by molar-refractivity contribution is 6.05. The number of nitrogens with one attached hydrogen (secondary N) is 2. The Hall–Kier alpha value is -3.48. The van der Waals surface area contributed by atoms with Gasteiger partial charge in [-0.25, -0.2) is 4.98 Å². The van der Waals surface area contributed by atoms with Gasteiger partial charge in [-0.3, -0.25) is 14.6 Å². The number of hydrogen-bond acceptors (Lipinski definition) is 5. The zero-order chi connectivity index (χ0) is 21.8. The first-order chi connectivity index (χ1) is 15.1. The third-order valence-corrected chi connectivity index (χ3v) is 5.57. The summed E-state index contributed by atoms with van der Waals surface area (Å²) in [5.74, 6) is 1.53. The molecule has 160 valence electrons. The summed E-state index contributed by atoms with van der Waals surface area (Å²) < 4.78 is 5.87. The van der Waals surface area contributed by atoms with Crippen LogP contribution in [-0.2, 0) is 11.3 Å². The van der Waals surface area contributed by atoms with Crippen LogP contribution in [0.3, 0.4) is 0 Å². The van der Waals surface area contributed by atoms with E-state index in [4.69, 9.17) is 4.42 Å². The second-order valence-corrected chi connectivity index (χ2v) is 7.87. The zero-order valence-corrected chi connectivity index (χ0v) is 17.7. The van der Waals surface area contributed by atoms with Crippen LogP contribution in [0.4, 0.5) is 5.69 Å². The number of hydrogen-bond donors (Lipinski definition) is 2. The van der Waals surface area contributed by atoms with Gasteiger partial charge in [0.25, 0.3) is 5.91 Å². The van der Waals surface area contributed by atoms with Gasteiger partial charge in [-0.15, -0.1) is 0 Å². The van der Waals surface area contributed by atoms with Gasteiger partial charge in [0.15, 0.2) is 0 Å². The van der Waals surface area contributed by atoms with E-state index in [1.54, 1.807) is 24.4 Å². The van der Waals surface area contributed by atoms with Crippen molar-refractivity contribution in [3.63, 3.8) is 0 Å².